The molecule has 23 heavy (non-hydrogen) atoms. The van der Waals surface area contributed by atoms with Crippen molar-refractivity contribution >= 4 is 21.6 Å². The lowest BCUT2D eigenvalue weighted by Gasteiger charge is -2.24. The Balaban J connectivity index is 2.16. The molecule has 0 N–H and O–H groups in total. The van der Waals surface area contributed by atoms with Crippen molar-refractivity contribution in [3.63, 3.8) is 0 Å². The van der Waals surface area contributed by atoms with Gasteiger partial charge in [-0.1, -0.05) is 36.4 Å². The van der Waals surface area contributed by atoms with Crippen molar-refractivity contribution in [2.24, 2.45) is 0 Å². The molecule has 0 bridgehead atoms. The number of hydrogen-bond donors (Lipinski definition) is 0. The van der Waals surface area contributed by atoms with Gasteiger partial charge in [-0.15, -0.1) is 0 Å². The van der Waals surface area contributed by atoms with E-state index < -0.39 is 10.0 Å². The van der Waals surface area contributed by atoms with Gasteiger partial charge in [0.15, 0.2) is 0 Å². The van der Waals surface area contributed by atoms with E-state index in [2.05, 4.69) is 0 Å². The Kier molecular flexibility index (Phi) is 5.52. The molecule has 0 aliphatic carbocycles. The Labute approximate surface area is 137 Å². The summed E-state index contributed by atoms with van der Waals surface area (Å²) in [6.07, 6.45) is 0. The lowest BCUT2D eigenvalue weighted by Crippen LogP contribution is -2.41. The number of hydrogen-bond acceptors (Lipinski definition) is 3. The van der Waals surface area contributed by atoms with E-state index in [1.807, 2.05) is 37.3 Å². The van der Waals surface area contributed by atoms with Gasteiger partial charge in [-0.3, -0.25) is 4.79 Å². The molecule has 122 valence electrons. The molecule has 0 atom stereocenters. The van der Waals surface area contributed by atoms with Gasteiger partial charge < -0.3 is 4.90 Å². The first-order valence-corrected chi connectivity index (χ1v) is 8.77. The summed E-state index contributed by atoms with van der Waals surface area (Å²) in [6, 6.07) is 17.3. The van der Waals surface area contributed by atoms with E-state index in [1.54, 1.807) is 23.1 Å². The molecule has 0 aromatic heterocycles. The van der Waals surface area contributed by atoms with E-state index in [0.29, 0.717) is 6.54 Å². The first-order valence-electron chi connectivity index (χ1n) is 7.33. The van der Waals surface area contributed by atoms with Crippen LogP contribution in [-0.4, -0.2) is 38.8 Å². The minimum Gasteiger partial charge on any atom is -0.312 e. The highest BCUT2D eigenvalue weighted by atomic mass is 32.2. The van der Waals surface area contributed by atoms with E-state index in [0.717, 1.165) is 9.99 Å². The van der Waals surface area contributed by atoms with E-state index in [1.165, 1.54) is 19.2 Å². The third kappa shape index (κ3) is 3.97. The van der Waals surface area contributed by atoms with Crippen molar-refractivity contribution in [1.82, 2.24) is 4.31 Å². The highest BCUT2D eigenvalue weighted by Gasteiger charge is 2.25. The molecule has 5 nitrogen and oxygen atoms in total. The minimum absolute atomic E-state index is 0.179. The normalized spacial score (nSPS) is 11.4. The Bertz CT molecular complexity index is 746. The van der Waals surface area contributed by atoms with Gasteiger partial charge in [0.25, 0.3) is 0 Å². The second kappa shape index (κ2) is 7.39. The third-order valence-corrected chi connectivity index (χ3v) is 5.31. The van der Waals surface area contributed by atoms with Crippen LogP contribution in [0.25, 0.3) is 0 Å². The number of sulfonamides is 1. The van der Waals surface area contributed by atoms with Crippen LogP contribution in [0.2, 0.25) is 0 Å². The van der Waals surface area contributed by atoms with Crippen LogP contribution in [0.1, 0.15) is 6.92 Å². The fraction of sp³-hybridized carbons (Fsp3) is 0.235. The molecule has 0 saturated carbocycles. The molecule has 1 amide bonds. The Morgan fingerprint density at radius 1 is 0.957 bits per heavy atom. The number of nitrogens with zero attached hydrogens (tertiary/aromatic N) is 2. The van der Waals surface area contributed by atoms with Crippen molar-refractivity contribution in [2.45, 2.75) is 11.8 Å². The number of benzene rings is 2. The molecule has 2 aromatic carbocycles. The van der Waals surface area contributed by atoms with Gasteiger partial charge in [0.2, 0.25) is 15.9 Å². The first-order chi connectivity index (χ1) is 11.0. The molecule has 0 fully saturated rings. The van der Waals surface area contributed by atoms with Crippen LogP contribution in [0.5, 0.6) is 0 Å². The van der Waals surface area contributed by atoms with Crippen LogP contribution in [0, 0.1) is 0 Å². The molecular weight excluding hydrogens is 312 g/mol. The van der Waals surface area contributed by atoms with E-state index in [-0.39, 0.29) is 17.3 Å². The summed E-state index contributed by atoms with van der Waals surface area (Å²) < 4.78 is 26.0. The molecule has 0 aliphatic heterocycles. The summed E-state index contributed by atoms with van der Waals surface area (Å²) in [5.74, 6) is -0.263. The molecule has 0 spiro atoms. The monoisotopic (exact) mass is 332 g/mol. The maximum atomic E-state index is 12.5. The average Bonchev–Trinajstić information content (AvgIpc) is 2.57. The zero-order chi connectivity index (χ0) is 16.9. The molecule has 2 rings (SSSR count). The van der Waals surface area contributed by atoms with Gasteiger partial charge in [-0.05, 0) is 31.2 Å². The van der Waals surface area contributed by atoms with Gasteiger partial charge in [-0.2, -0.15) is 4.31 Å². The fourth-order valence-corrected chi connectivity index (χ4v) is 3.39. The smallest absolute Gasteiger partial charge is 0.243 e. The molecule has 0 radical (unpaired) electrons. The van der Waals surface area contributed by atoms with Gasteiger partial charge in [0.1, 0.15) is 0 Å². The predicted octanol–water partition coefficient (Wildman–Crippen LogP) is 2.36. The van der Waals surface area contributed by atoms with Crippen molar-refractivity contribution in [2.75, 3.05) is 25.0 Å². The molecule has 6 heteroatoms. The topological polar surface area (TPSA) is 57.7 Å². The number of carbonyl (C=O) groups excluding carboxylic acids is 1. The highest BCUT2D eigenvalue weighted by Crippen LogP contribution is 2.16. The van der Waals surface area contributed by atoms with Crippen LogP contribution in [0.4, 0.5) is 5.69 Å². The second-order valence-electron chi connectivity index (χ2n) is 5.05. The lowest BCUT2D eigenvalue weighted by atomic mass is 10.3. The first kappa shape index (κ1) is 17.2. The largest absolute Gasteiger partial charge is 0.312 e. The summed E-state index contributed by atoms with van der Waals surface area (Å²) in [4.78, 5) is 14.2. The van der Waals surface area contributed by atoms with E-state index in [4.69, 9.17) is 0 Å². The summed E-state index contributed by atoms with van der Waals surface area (Å²) in [5, 5.41) is 0. The quantitative estimate of drug-likeness (QED) is 0.816. The standard InChI is InChI=1S/C17H20N2O3S/c1-3-19(15-10-6-4-7-11-15)17(20)14-18(2)23(21,22)16-12-8-5-9-13-16/h4-13H,3,14H2,1-2H3. The molecule has 0 unspecified atom stereocenters. The van der Waals surface area contributed by atoms with Crippen molar-refractivity contribution in [1.29, 1.82) is 0 Å². The van der Waals surface area contributed by atoms with Gasteiger partial charge in [-0.25, -0.2) is 8.42 Å². The van der Waals surface area contributed by atoms with Crippen LogP contribution < -0.4 is 4.90 Å². The summed E-state index contributed by atoms with van der Waals surface area (Å²) >= 11 is 0. The zero-order valence-electron chi connectivity index (χ0n) is 13.2. The van der Waals surface area contributed by atoms with Crippen molar-refractivity contribution in [3.8, 4) is 0 Å². The van der Waals surface area contributed by atoms with Gasteiger partial charge in [0.05, 0.1) is 11.4 Å². The van der Waals surface area contributed by atoms with Crippen LogP contribution in [-0.2, 0) is 14.8 Å². The average molecular weight is 332 g/mol. The molecule has 2 aromatic rings. The number of para-hydroxylation sites is 1. The molecule has 0 aliphatic rings. The Morgan fingerprint density at radius 3 is 2.00 bits per heavy atom. The van der Waals surface area contributed by atoms with Crippen LogP contribution >= 0.6 is 0 Å². The number of anilines is 1. The number of rotatable bonds is 6. The molecular formula is C17H20N2O3S. The highest BCUT2D eigenvalue weighted by molar-refractivity contribution is 7.89. The van der Waals surface area contributed by atoms with E-state index in [9.17, 15) is 13.2 Å². The number of amides is 1. The maximum absolute atomic E-state index is 12.5. The van der Waals surface area contributed by atoms with Crippen molar-refractivity contribution in [3.05, 3.63) is 60.7 Å². The Morgan fingerprint density at radius 2 is 1.48 bits per heavy atom. The van der Waals surface area contributed by atoms with Crippen LogP contribution in [0.15, 0.2) is 65.6 Å². The number of carbonyl (C=O) groups is 1. The van der Waals surface area contributed by atoms with Gasteiger partial charge in [0, 0.05) is 19.3 Å². The SMILES string of the molecule is CCN(C(=O)CN(C)S(=O)(=O)c1ccccc1)c1ccccc1. The lowest BCUT2D eigenvalue weighted by molar-refractivity contribution is -0.118. The predicted molar refractivity (Wildman–Crippen MR) is 90.7 cm³/mol. The number of likely N-dealkylation sites (N-methyl/N-ethyl adjacent to an activating group) is 2. The summed E-state index contributed by atoms with van der Waals surface area (Å²) in [6.45, 7) is 2.12. The third-order valence-electron chi connectivity index (χ3n) is 3.49. The van der Waals surface area contributed by atoms with E-state index >= 15 is 0 Å². The second-order valence-corrected chi connectivity index (χ2v) is 7.09. The van der Waals surface area contributed by atoms with Gasteiger partial charge >= 0.3 is 0 Å². The molecule has 0 heterocycles. The van der Waals surface area contributed by atoms with Crippen molar-refractivity contribution < 1.29 is 13.2 Å². The summed E-state index contributed by atoms with van der Waals surface area (Å²) in [7, 11) is -2.26. The Hall–Kier alpha value is -2.18. The minimum atomic E-state index is -3.67. The van der Waals surface area contributed by atoms with Crippen LogP contribution in [0.3, 0.4) is 0 Å². The fourth-order valence-electron chi connectivity index (χ4n) is 2.24. The summed E-state index contributed by atoms with van der Waals surface area (Å²) in [5.41, 5.74) is 0.755. The zero-order valence-corrected chi connectivity index (χ0v) is 14.0. The molecule has 0 saturated heterocycles. The maximum Gasteiger partial charge on any atom is 0.243 e.